The molecule has 1 aromatic carbocycles. The van der Waals surface area contributed by atoms with Gasteiger partial charge in [-0.15, -0.1) is 0 Å². The lowest BCUT2D eigenvalue weighted by Crippen LogP contribution is -2.22. The summed E-state index contributed by atoms with van der Waals surface area (Å²) in [4.78, 5) is 21.7. The third kappa shape index (κ3) is 2.34. The highest BCUT2D eigenvalue weighted by atomic mass is 16.4. The molecular formula is C11H12NO3. The van der Waals surface area contributed by atoms with E-state index in [9.17, 15) is 9.59 Å². The molecule has 1 radical (unpaired) electrons. The van der Waals surface area contributed by atoms with Gasteiger partial charge >= 0.3 is 5.97 Å². The van der Waals surface area contributed by atoms with E-state index in [1.807, 2.05) is 13.8 Å². The smallest absolute Gasteiger partial charge is 0.320 e. The number of carbonyl (C=O) groups is 2. The third-order valence-corrected chi connectivity index (χ3v) is 2.37. The van der Waals surface area contributed by atoms with E-state index in [1.54, 1.807) is 18.2 Å². The number of carbonyl (C=O) groups excluding carboxylic acids is 1. The predicted molar refractivity (Wildman–Crippen MR) is 54.4 cm³/mol. The lowest BCUT2D eigenvalue weighted by Gasteiger charge is -2.09. The molecule has 1 unspecified atom stereocenters. The van der Waals surface area contributed by atoms with Crippen LogP contribution in [-0.2, 0) is 9.59 Å². The van der Waals surface area contributed by atoms with Crippen LogP contribution in [-0.4, -0.2) is 17.0 Å². The van der Waals surface area contributed by atoms with E-state index in [4.69, 9.17) is 10.8 Å². The summed E-state index contributed by atoms with van der Waals surface area (Å²) in [5, 5.41) is 8.82. The number of amides is 1. The number of aliphatic carboxylic acids is 1. The van der Waals surface area contributed by atoms with Crippen LogP contribution in [0.5, 0.6) is 0 Å². The predicted octanol–water partition coefficient (Wildman–Crippen LogP) is 1.28. The normalized spacial score (nSPS) is 12.1. The molecule has 0 saturated heterocycles. The van der Waals surface area contributed by atoms with Gasteiger partial charge in [0.15, 0.2) is 5.92 Å². The van der Waals surface area contributed by atoms with Crippen molar-refractivity contribution in [2.45, 2.75) is 19.8 Å². The summed E-state index contributed by atoms with van der Waals surface area (Å²) < 4.78 is 0. The van der Waals surface area contributed by atoms with E-state index < -0.39 is 17.8 Å². The first-order chi connectivity index (χ1) is 6.93. The van der Waals surface area contributed by atoms with Gasteiger partial charge in [0.2, 0.25) is 0 Å². The number of carboxylic acids is 1. The molecule has 0 bridgehead atoms. The largest absolute Gasteiger partial charge is 0.480 e. The minimum atomic E-state index is -1.37. The number of rotatable bonds is 3. The number of hydrogen-bond donors (Lipinski definition) is 1. The van der Waals surface area contributed by atoms with Gasteiger partial charge in [-0.05, 0) is 30.5 Å². The summed E-state index contributed by atoms with van der Waals surface area (Å²) in [6, 6.07) is 4.97. The second kappa shape index (κ2) is 4.13. The molecule has 2 N–H and O–H groups in total. The quantitative estimate of drug-likeness (QED) is 0.756. The van der Waals surface area contributed by atoms with Crippen LogP contribution in [0.1, 0.15) is 22.6 Å². The van der Waals surface area contributed by atoms with Gasteiger partial charge in [0, 0.05) is 0 Å². The van der Waals surface area contributed by atoms with E-state index in [-0.39, 0.29) is 0 Å². The summed E-state index contributed by atoms with van der Waals surface area (Å²) in [5.74, 6) is -3.74. The highest BCUT2D eigenvalue weighted by molar-refractivity contribution is 6.01. The molecule has 79 valence electrons. The molecule has 1 amide bonds. The maximum Gasteiger partial charge on any atom is 0.320 e. The van der Waals surface area contributed by atoms with Gasteiger partial charge in [0.25, 0.3) is 5.91 Å². The fourth-order valence-corrected chi connectivity index (χ4v) is 1.35. The molecule has 1 rings (SSSR count). The van der Waals surface area contributed by atoms with Crippen LogP contribution in [0, 0.1) is 13.8 Å². The summed E-state index contributed by atoms with van der Waals surface area (Å²) in [6.45, 7) is 3.74. The number of nitrogens with one attached hydrogen (secondary N) is 1. The molecule has 0 heterocycles. The Labute approximate surface area is 87.7 Å². The molecule has 4 nitrogen and oxygen atoms in total. The summed E-state index contributed by atoms with van der Waals surface area (Å²) in [7, 11) is 0. The average Bonchev–Trinajstić information content (AvgIpc) is 2.10. The van der Waals surface area contributed by atoms with Crippen LogP contribution in [0.3, 0.4) is 0 Å². The molecular weight excluding hydrogens is 194 g/mol. The monoisotopic (exact) mass is 206 g/mol. The van der Waals surface area contributed by atoms with Gasteiger partial charge in [0.1, 0.15) is 0 Å². The maximum atomic E-state index is 10.9. The summed E-state index contributed by atoms with van der Waals surface area (Å²) >= 11 is 0. The van der Waals surface area contributed by atoms with Gasteiger partial charge in [-0.3, -0.25) is 15.3 Å². The van der Waals surface area contributed by atoms with Crippen LogP contribution in [0.15, 0.2) is 18.2 Å². The topological polar surface area (TPSA) is 78.2 Å². The van der Waals surface area contributed by atoms with Crippen molar-refractivity contribution in [1.29, 1.82) is 0 Å². The number of carboxylic acid groups (broad SMARTS) is 1. The first-order valence-corrected chi connectivity index (χ1v) is 4.49. The van der Waals surface area contributed by atoms with Gasteiger partial charge in [-0.2, -0.15) is 0 Å². The van der Waals surface area contributed by atoms with Crippen LogP contribution in [0.25, 0.3) is 0 Å². The molecule has 0 saturated carbocycles. The zero-order valence-electron chi connectivity index (χ0n) is 8.57. The van der Waals surface area contributed by atoms with Crippen LogP contribution in [0.2, 0.25) is 0 Å². The maximum absolute atomic E-state index is 10.9. The molecule has 1 atom stereocenters. The van der Waals surface area contributed by atoms with E-state index >= 15 is 0 Å². The van der Waals surface area contributed by atoms with Crippen molar-refractivity contribution >= 4 is 11.9 Å². The van der Waals surface area contributed by atoms with Crippen molar-refractivity contribution in [3.8, 4) is 0 Å². The SMILES string of the molecule is Cc1ccc(C(C([NH])=O)C(=O)O)cc1C. The van der Waals surface area contributed by atoms with E-state index in [2.05, 4.69) is 0 Å². The second-order valence-corrected chi connectivity index (χ2v) is 3.48. The zero-order chi connectivity index (χ0) is 11.6. The molecule has 0 spiro atoms. The van der Waals surface area contributed by atoms with Crippen LogP contribution in [0.4, 0.5) is 0 Å². The van der Waals surface area contributed by atoms with Crippen molar-refractivity contribution < 1.29 is 14.7 Å². The Morgan fingerprint density at radius 2 is 1.87 bits per heavy atom. The van der Waals surface area contributed by atoms with Crippen molar-refractivity contribution in [2.24, 2.45) is 0 Å². The van der Waals surface area contributed by atoms with Crippen molar-refractivity contribution in [3.05, 3.63) is 34.9 Å². The minimum absolute atomic E-state index is 0.366. The Hall–Kier alpha value is -1.84. The van der Waals surface area contributed by atoms with Crippen LogP contribution >= 0.6 is 0 Å². The van der Waals surface area contributed by atoms with Gasteiger partial charge in [-0.1, -0.05) is 18.2 Å². The summed E-state index contributed by atoms with van der Waals surface area (Å²) in [5.41, 5.74) is 9.22. The summed E-state index contributed by atoms with van der Waals surface area (Å²) in [6.07, 6.45) is 0. The Kier molecular flexibility index (Phi) is 3.09. The van der Waals surface area contributed by atoms with Gasteiger partial charge in [-0.25, -0.2) is 0 Å². The molecule has 4 heteroatoms. The van der Waals surface area contributed by atoms with Gasteiger partial charge in [0.05, 0.1) is 0 Å². The molecule has 15 heavy (non-hydrogen) atoms. The standard InChI is InChI=1S/C11H12NO3/c1-6-3-4-8(5-7(6)2)9(10(12)13)11(14)15/h3-5,9,12H,1-2H3,(H,14,15). The van der Waals surface area contributed by atoms with E-state index in [0.717, 1.165) is 11.1 Å². The Morgan fingerprint density at radius 1 is 1.27 bits per heavy atom. The van der Waals surface area contributed by atoms with Gasteiger partial charge < -0.3 is 5.11 Å². The fraction of sp³-hybridized carbons (Fsp3) is 0.273. The zero-order valence-corrected chi connectivity index (χ0v) is 8.57. The first kappa shape index (κ1) is 11.2. The highest BCUT2D eigenvalue weighted by Crippen LogP contribution is 2.19. The Morgan fingerprint density at radius 3 is 2.27 bits per heavy atom. The highest BCUT2D eigenvalue weighted by Gasteiger charge is 2.26. The number of aryl methyl sites for hydroxylation is 2. The minimum Gasteiger partial charge on any atom is -0.480 e. The van der Waals surface area contributed by atoms with Crippen LogP contribution < -0.4 is 5.73 Å². The number of hydrogen-bond acceptors (Lipinski definition) is 2. The molecule has 0 aliphatic heterocycles. The lowest BCUT2D eigenvalue weighted by molar-refractivity contribution is -0.142. The molecule has 0 aliphatic carbocycles. The third-order valence-electron chi connectivity index (χ3n) is 2.37. The molecule has 0 fully saturated rings. The number of benzene rings is 1. The Bertz CT molecular complexity index is 398. The second-order valence-electron chi connectivity index (χ2n) is 3.48. The fourth-order valence-electron chi connectivity index (χ4n) is 1.35. The van der Waals surface area contributed by atoms with Crippen molar-refractivity contribution in [3.63, 3.8) is 0 Å². The average molecular weight is 206 g/mol. The molecule has 0 aliphatic rings. The van der Waals surface area contributed by atoms with Crippen molar-refractivity contribution in [1.82, 2.24) is 5.73 Å². The first-order valence-electron chi connectivity index (χ1n) is 4.49. The van der Waals surface area contributed by atoms with Crippen molar-refractivity contribution in [2.75, 3.05) is 0 Å². The lowest BCUT2D eigenvalue weighted by atomic mass is 9.95. The molecule has 1 aromatic rings. The van der Waals surface area contributed by atoms with E-state index in [1.165, 1.54) is 0 Å². The Balaban J connectivity index is 3.18. The molecule has 0 aromatic heterocycles. The van der Waals surface area contributed by atoms with E-state index in [0.29, 0.717) is 5.56 Å².